The summed E-state index contributed by atoms with van der Waals surface area (Å²) in [6.45, 7) is 0.0903. The fourth-order valence-electron chi connectivity index (χ4n) is 4.29. The number of carbonyl (C=O) groups is 2. The van der Waals surface area contributed by atoms with Crippen LogP contribution in [0.25, 0.3) is 22.5 Å². The van der Waals surface area contributed by atoms with Gasteiger partial charge < -0.3 is 36.9 Å². The first kappa shape index (κ1) is 29.5. The van der Waals surface area contributed by atoms with Gasteiger partial charge in [0, 0.05) is 54.4 Å². The summed E-state index contributed by atoms with van der Waals surface area (Å²) in [5.41, 5.74) is 8.67. The van der Waals surface area contributed by atoms with Crippen molar-refractivity contribution in [3.8, 4) is 11.3 Å². The number of anilines is 1. The molecule has 0 aliphatic carbocycles. The van der Waals surface area contributed by atoms with E-state index >= 15 is 0 Å². The number of alkyl halides is 3. The molecule has 12 nitrogen and oxygen atoms in total. The van der Waals surface area contributed by atoms with Gasteiger partial charge in [0.15, 0.2) is 5.65 Å². The summed E-state index contributed by atoms with van der Waals surface area (Å²) in [5.74, 6) is 0.0212. The third-order valence-corrected chi connectivity index (χ3v) is 6.43. The molecule has 1 aliphatic rings. The van der Waals surface area contributed by atoms with E-state index in [2.05, 4.69) is 20.7 Å². The minimum absolute atomic E-state index is 0.0212. The molecule has 1 aliphatic heterocycles. The number of hydrogen-bond acceptors (Lipinski definition) is 8. The minimum atomic E-state index is -4.51. The van der Waals surface area contributed by atoms with Gasteiger partial charge in [-0.1, -0.05) is 12.1 Å². The summed E-state index contributed by atoms with van der Waals surface area (Å²) in [6.07, 6.45) is 1.51. The summed E-state index contributed by atoms with van der Waals surface area (Å²) in [6, 6.07) is 7.31. The molecule has 4 rings (SSSR count). The van der Waals surface area contributed by atoms with Gasteiger partial charge >= 0.3 is 12.2 Å². The van der Waals surface area contributed by atoms with Crippen LogP contribution in [0.15, 0.2) is 48.9 Å². The van der Waals surface area contributed by atoms with Gasteiger partial charge in [0.1, 0.15) is 6.54 Å². The monoisotopic (exact) mass is 572 g/mol. The lowest BCUT2D eigenvalue weighted by Gasteiger charge is -2.50. The lowest BCUT2D eigenvalue weighted by Crippen LogP contribution is -2.73. The Hall–Kier alpha value is -4.50. The van der Waals surface area contributed by atoms with E-state index in [1.165, 1.54) is 6.21 Å². The molecule has 0 atom stereocenters. The molecule has 0 spiro atoms. The Morgan fingerprint density at radius 3 is 2.63 bits per heavy atom. The van der Waals surface area contributed by atoms with Crippen molar-refractivity contribution < 1.29 is 22.8 Å². The highest BCUT2D eigenvalue weighted by Gasteiger charge is 2.43. The number of allylic oxidation sites excluding steroid dienone is 1. The first-order valence-corrected chi connectivity index (χ1v) is 12.6. The number of imidazole rings is 1. The number of nitrogens with one attached hydrogen (secondary N) is 4. The van der Waals surface area contributed by atoms with Crippen LogP contribution in [-0.4, -0.2) is 101 Å². The van der Waals surface area contributed by atoms with Crippen molar-refractivity contribution in [1.29, 1.82) is 5.41 Å². The van der Waals surface area contributed by atoms with Gasteiger partial charge in [-0.25, -0.2) is 14.3 Å². The van der Waals surface area contributed by atoms with Gasteiger partial charge in [-0.2, -0.15) is 18.3 Å². The number of amides is 3. The maximum absolute atomic E-state index is 12.4. The third-order valence-electron chi connectivity index (χ3n) is 6.43. The van der Waals surface area contributed by atoms with Crippen molar-refractivity contribution >= 4 is 35.1 Å². The predicted octanol–water partition coefficient (Wildman–Crippen LogP) is 1.76. The number of likely N-dealkylation sites (tertiary alicyclic amines) is 1. The molecule has 3 heterocycles. The molecule has 2 aromatic heterocycles. The normalized spacial score (nSPS) is 15.0. The van der Waals surface area contributed by atoms with Crippen LogP contribution >= 0.6 is 0 Å². The molecule has 6 N–H and O–H groups in total. The van der Waals surface area contributed by atoms with E-state index in [4.69, 9.17) is 11.1 Å². The average molecular weight is 573 g/mol. The number of hydrogen-bond donors (Lipinski definition) is 5. The number of carbonyl (C=O) groups excluding carboxylic acids is 2. The SMILES string of the molecule is CN(C)CC(=O)N1CC(CN)(N/C=C(\C=N)c2cnn3c(-c4cccc(NC(=O)NCC(F)(F)F)c4)cnc3c2)C1. The number of nitrogens with zero attached hydrogens (tertiary/aromatic N) is 5. The molecule has 3 aromatic rings. The van der Waals surface area contributed by atoms with Gasteiger partial charge in [0.05, 0.1) is 30.2 Å². The molecule has 3 amide bonds. The Morgan fingerprint density at radius 2 is 1.98 bits per heavy atom. The maximum Gasteiger partial charge on any atom is 0.405 e. The summed E-state index contributed by atoms with van der Waals surface area (Å²) in [4.78, 5) is 32.1. The van der Waals surface area contributed by atoms with Gasteiger partial charge in [-0.3, -0.25) is 4.79 Å². The van der Waals surface area contributed by atoms with Gasteiger partial charge in [0.25, 0.3) is 0 Å². The number of benzene rings is 1. The molecular weight excluding hydrogens is 541 g/mol. The Bertz CT molecular complexity index is 1460. The van der Waals surface area contributed by atoms with Crippen LogP contribution < -0.4 is 21.7 Å². The first-order chi connectivity index (χ1) is 19.4. The zero-order chi connectivity index (χ0) is 29.8. The van der Waals surface area contributed by atoms with Crippen molar-refractivity contribution in [3.63, 3.8) is 0 Å². The molecule has 0 saturated carbocycles. The highest BCUT2D eigenvalue weighted by Crippen LogP contribution is 2.25. The van der Waals surface area contributed by atoms with Crippen molar-refractivity contribution in [2.45, 2.75) is 11.7 Å². The van der Waals surface area contributed by atoms with Crippen LogP contribution in [0, 0.1) is 5.41 Å². The largest absolute Gasteiger partial charge is 0.405 e. The lowest BCUT2D eigenvalue weighted by atomic mass is 9.89. The van der Waals surface area contributed by atoms with Crippen molar-refractivity contribution in [1.82, 2.24) is 35.0 Å². The molecule has 0 bridgehead atoms. The first-order valence-electron chi connectivity index (χ1n) is 12.6. The van der Waals surface area contributed by atoms with E-state index in [9.17, 15) is 22.8 Å². The zero-order valence-corrected chi connectivity index (χ0v) is 22.5. The quantitative estimate of drug-likeness (QED) is 0.232. The highest BCUT2D eigenvalue weighted by atomic mass is 19.4. The van der Waals surface area contributed by atoms with Gasteiger partial charge in [0.2, 0.25) is 5.91 Å². The molecule has 218 valence electrons. The Labute approximate surface area is 233 Å². The van der Waals surface area contributed by atoms with Crippen LogP contribution in [-0.2, 0) is 4.79 Å². The van der Waals surface area contributed by atoms with E-state index in [1.54, 1.807) is 63.7 Å². The molecule has 1 aromatic carbocycles. The maximum atomic E-state index is 12.4. The standard InChI is InChI=1S/C26H31F3N10O2/c1-37(2)12-23(40)38-15-25(13-31,16-38)34-9-19(8-30)18-7-22-32-11-21(39(22)35-10-18)17-4-3-5-20(6-17)36-24(41)33-14-26(27,28)29/h3-11,30,34H,12-16,31H2,1-2H3,(H2,33,36,41)/b19-9+,30-8?. The average Bonchev–Trinajstić information content (AvgIpc) is 3.32. The Morgan fingerprint density at radius 1 is 1.22 bits per heavy atom. The summed E-state index contributed by atoms with van der Waals surface area (Å²) < 4.78 is 38.7. The number of likely N-dealkylation sites (N-methyl/N-ethyl adjacent to an activating group) is 1. The summed E-state index contributed by atoms with van der Waals surface area (Å²) >= 11 is 0. The second kappa shape index (κ2) is 11.9. The van der Waals surface area contributed by atoms with Crippen molar-refractivity contribution in [3.05, 3.63) is 54.5 Å². The molecule has 0 radical (unpaired) electrons. The van der Waals surface area contributed by atoms with Crippen LogP contribution in [0.5, 0.6) is 0 Å². The Kier molecular flexibility index (Phi) is 8.58. The van der Waals surface area contributed by atoms with Crippen molar-refractivity contribution in [2.24, 2.45) is 5.73 Å². The van der Waals surface area contributed by atoms with Crippen LogP contribution in [0.4, 0.5) is 23.7 Å². The number of nitrogens with two attached hydrogens (primary N) is 1. The van der Waals surface area contributed by atoms with Crippen molar-refractivity contribution in [2.75, 3.05) is 52.1 Å². The number of halogens is 3. The third kappa shape index (κ3) is 7.18. The summed E-state index contributed by atoms with van der Waals surface area (Å²) in [7, 11) is 3.67. The van der Waals surface area contributed by atoms with Gasteiger partial charge in [-0.15, -0.1) is 0 Å². The number of aromatic nitrogens is 3. The van der Waals surface area contributed by atoms with E-state index in [-0.39, 0.29) is 5.91 Å². The van der Waals surface area contributed by atoms with E-state index in [0.29, 0.717) is 59.9 Å². The van der Waals surface area contributed by atoms with Crippen LogP contribution in [0.2, 0.25) is 0 Å². The molecule has 1 fully saturated rings. The second-order valence-corrected chi connectivity index (χ2v) is 10.0. The lowest BCUT2D eigenvalue weighted by molar-refractivity contribution is -0.139. The Balaban J connectivity index is 1.47. The second-order valence-electron chi connectivity index (χ2n) is 10.0. The molecule has 41 heavy (non-hydrogen) atoms. The number of fused-ring (bicyclic) bond motifs is 1. The molecular formula is C26H31F3N10O2. The molecule has 1 saturated heterocycles. The van der Waals surface area contributed by atoms with E-state index in [1.807, 2.05) is 19.0 Å². The number of rotatable bonds is 10. The smallest absolute Gasteiger partial charge is 0.380 e. The van der Waals surface area contributed by atoms with Crippen LogP contribution in [0.3, 0.4) is 0 Å². The fourth-order valence-corrected chi connectivity index (χ4v) is 4.29. The molecule has 0 unspecified atom stereocenters. The number of urea groups is 1. The fraction of sp³-hybridized carbons (Fsp3) is 0.346. The van der Waals surface area contributed by atoms with Crippen LogP contribution in [0.1, 0.15) is 5.56 Å². The topological polar surface area (TPSA) is 157 Å². The summed E-state index contributed by atoms with van der Waals surface area (Å²) in [5, 5.41) is 19.8. The predicted molar refractivity (Wildman–Crippen MR) is 148 cm³/mol. The molecule has 15 heteroatoms. The van der Waals surface area contributed by atoms with E-state index in [0.717, 1.165) is 0 Å². The zero-order valence-electron chi connectivity index (χ0n) is 22.5. The highest BCUT2D eigenvalue weighted by molar-refractivity contribution is 6.08. The van der Waals surface area contributed by atoms with Gasteiger partial charge in [-0.05, 0) is 32.3 Å². The van der Waals surface area contributed by atoms with E-state index < -0.39 is 24.3 Å². The minimum Gasteiger partial charge on any atom is -0.380 e.